The van der Waals surface area contributed by atoms with E-state index < -0.39 is 16.1 Å². The Hall–Kier alpha value is -2.87. The summed E-state index contributed by atoms with van der Waals surface area (Å²) >= 11 is 0. The summed E-state index contributed by atoms with van der Waals surface area (Å²) in [6, 6.07) is 16.6. The number of nitrogens with one attached hydrogen (secondary N) is 1. The summed E-state index contributed by atoms with van der Waals surface area (Å²) in [6.45, 7) is 6.94. The molecule has 0 aliphatic carbocycles. The van der Waals surface area contributed by atoms with Gasteiger partial charge in [0.2, 0.25) is 21.8 Å². The van der Waals surface area contributed by atoms with E-state index >= 15 is 0 Å². The smallest absolute Gasteiger partial charge is 0.242 e. The molecular formula is C27H39N3O4S. The van der Waals surface area contributed by atoms with Crippen LogP contribution in [0, 0.1) is 6.92 Å². The molecule has 2 rings (SSSR count). The van der Waals surface area contributed by atoms with Gasteiger partial charge in [-0.15, -0.1) is 0 Å². The number of carbonyl (C=O) groups excluding carboxylic acids is 2. The SMILES string of the molecule is CCCNC(=O)[C@H](CC)N(CCc1ccccc1)C(=O)CCCN(c1ccccc1C)S(C)(=O)=O. The molecule has 0 radical (unpaired) electrons. The third-order valence-corrected chi connectivity index (χ3v) is 7.14. The fourth-order valence-corrected chi connectivity index (χ4v) is 5.11. The lowest BCUT2D eigenvalue weighted by atomic mass is 10.1. The lowest BCUT2D eigenvalue weighted by molar-refractivity contribution is -0.140. The van der Waals surface area contributed by atoms with Crippen LogP contribution in [-0.4, -0.2) is 57.1 Å². The first-order chi connectivity index (χ1) is 16.7. The summed E-state index contributed by atoms with van der Waals surface area (Å²) < 4.78 is 26.3. The molecular weight excluding hydrogens is 462 g/mol. The van der Waals surface area contributed by atoms with E-state index in [1.165, 1.54) is 10.6 Å². The van der Waals surface area contributed by atoms with Crippen LogP contribution in [0.1, 0.15) is 50.7 Å². The third kappa shape index (κ3) is 8.69. The van der Waals surface area contributed by atoms with Gasteiger partial charge in [-0.1, -0.05) is 62.4 Å². The molecule has 2 amide bonds. The van der Waals surface area contributed by atoms with Crippen LogP contribution < -0.4 is 9.62 Å². The molecule has 0 saturated carbocycles. The molecule has 2 aromatic rings. The highest BCUT2D eigenvalue weighted by Gasteiger charge is 2.28. The van der Waals surface area contributed by atoms with Crippen molar-refractivity contribution >= 4 is 27.5 Å². The summed E-state index contributed by atoms with van der Waals surface area (Å²) in [5.41, 5.74) is 2.57. The van der Waals surface area contributed by atoms with Crippen molar-refractivity contribution < 1.29 is 18.0 Å². The molecule has 0 fully saturated rings. The van der Waals surface area contributed by atoms with E-state index in [1.807, 2.05) is 63.2 Å². The molecule has 0 spiro atoms. The molecule has 0 aliphatic rings. The van der Waals surface area contributed by atoms with E-state index in [0.29, 0.717) is 38.0 Å². The Kier molecular flexibility index (Phi) is 11.2. The first-order valence-corrected chi connectivity index (χ1v) is 14.2. The first kappa shape index (κ1) is 28.4. The molecule has 0 aliphatic heterocycles. The van der Waals surface area contributed by atoms with E-state index in [1.54, 1.807) is 17.0 Å². The van der Waals surface area contributed by atoms with Gasteiger partial charge in [0.05, 0.1) is 11.9 Å². The van der Waals surface area contributed by atoms with Crippen LogP contribution in [-0.2, 0) is 26.0 Å². The van der Waals surface area contributed by atoms with Crippen LogP contribution in [0.3, 0.4) is 0 Å². The lowest BCUT2D eigenvalue weighted by Gasteiger charge is -2.31. The normalized spacial score (nSPS) is 12.1. The minimum absolute atomic E-state index is 0.141. The van der Waals surface area contributed by atoms with Crippen molar-refractivity contribution in [3.05, 3.63) is 65.7 Å². The zero-order chi connectivity index (χ0) is 25.8. The second-order valence-electron chi connectivity index (χ2n) is 8.76. The molecule has 0 saturated heterocycles. The number of hydrogen-bond donors (Lipinski definition) is 1. The average molecular weight is 502 g/mol. The molecule has 2 aromatic carbocycles. The number of carbonyl (C=O) groups is 2. The second kappa shape index (κ2) is 13.9. The second-order valence-corrected chi connectivity index (χ2v) is 10.7. The van der Waals surface area contributed by atoms with E-state index in [-0.39, 0.29) is 24.8 Å². The number of sulfonamides is 1. The summed E-state index contributed by atoms with van der Waals surface area (Å²) in [6.07, 6.45) is 3.66. The molecule has 35 heavy (non-hydrogen) atoms. The monoisotopic (exact) mass is 501 g/mol. The highest BCUT2D eigenvalue weighted by atomic mass is 32.2. The standard InChI is InChI=1S/C27H39N3O4S/c1-5-19-28-27(32)24(6-2)29(21-18-23-14-8-7-9-15-23)26(31)17-12-20-30(35(4,33)34)25-16-11-10-13-22(25)3/h7-11,13-16,24H,5-6,12,17-21H2,1-4H3,(H,28,32)/t24-/m0/s1. The van der Waals surface area contributed by atoms with Gasteiger partial charge in [0.25, 0.3) is 0 Å². The van der Waals surface area contributed by atoms with Crippen molar-refractivity contribution in [2.45, 2.75) is 58.9 Å². The molecule has 0 bridgehead atoms. The summed E-state index contributed by atoms with van der Waals surface area (Å²) in [5, 5.41) is 2.92. The van der Waals surface area contributed by atoms with Crippen LogP contribution >= 0.6 is 0 Å². The molecule has 192 valence electrons. The minimum atomic E-state index is -3.51. The largest absolute Gasteiger partial charge is 0.354 e. The van der Waals surface area contributed by atoms with Gasteiger partial charge in [-0.3, -0.25) is 13.9 Å². The highest BCUT2D eigenvalue weighted by molar-refractivity contribution is 7.92. The van der Waals surface area contributed by atoms with Gasteiger partial charge in [-0.05, 0) is 49.8 Å². The van der Waals surface area contributed by atoms with Crippen LogP contribution in [0.4, 0.5) is 5.69 Å². The maximum atomic E-state index is 13.4. The summed E-state index contributed by atoms with van der Waals surface area (Å²) in [4.78, 5) is 27.9. The summed E-state index contributed by atoms with van der Waals surface area (Å²) in [5.74, 6) is -0.286. The van der Waals surface area contributed by atoms with Gasteiger partial charge in [0, 0.05) is 26.1 Å². The van der Waals surface area contributed by atoms with Crippen LogP contribution in [0.15, 0.2) is 54.6 Å². The maximum absolute atomic E-state index is 13.4. The first-order valence-electron chi connectivity index (χ1n) is 12.3. The van der Waals surface area contributed by atoms with Crippen LogP contribution in [0.5, 0.6) is 0 Å². The van der Waals surface area contributed by atoms with E-state index in [9.17, 15) is 18.0 Å². The quantitative estimate of drug-likeness (QED) is 0.425. The Labute approximate surface area is 210 Å². The van der Waals surface area contributed by atoms with Crippen molar-refractivity contribution in [3.63, 3.8) is 0 Å². The number of benzene rings is 2. The molecule has 8 heteroatoms. The molecule has 1 N–H and O–H groups in total. The number of hydrogen-bond acceptors (Lipinski definition) is 4. The van der Waals surface area contributed by atoms with Crippen molar-refractivity contribution in [1.29, 1.82) is 0 Å². The molecule has 0 heterocycles. The Bertz CT molecular complexity index is 1060. The number of para-hydroxylation sites is 1. The third-order valence-electron chi connectivity index (χ3n) is 5.96. The van der Waals surface area contributed by atoms with Crippen molar-refractivity contribution in [1.82, 2.24) is 10.2 Å². The minimum Gasteiger partial charge on any atom is -0.354 e. The number of anilines is 1. The number of rotatable bonds is 14. The van der Waals surface area contributed by atoms with Crippen LogP contribution in [0.2, 0.25) is 0 Å². The number of nitrogens with zero attached hydrogens (tertiary/aromatic N) is 2. The highest BCUT2D eigenvalue weighted by Crippen LogP contribution is 2.23. The van der Waals surface area contributed by atoms with Crippen molar-refractivity contribution in [2.75, 3.05) is 30.2 Å². The van der Waals surface area contributed by atoms with E-state index in [4.69, 9.17) is 0 Å². The fourth-order valence-electron chi connectivity index (χ4n) is 4.09. The predicted molar refractivity (Wildman–Crippen MR) is 142 cm³/mol. The molecule has 7 nitrogen and oxygen atoms in total. The Morgan fingerprint density at radius 1 is 0.971 bits per heavy atom. The average Bonchev–Trinajstić information content (AvgIpc) is 2.83. The van der Waals surface area contributed by atoms with Gasteiger partial charge < -0.3 is 10.2 Å². The van der Waals surface area contributed by atoms with E-state index in [2.05, 4.69) is 5.32 Å². The Morgan fingerprint density at radius 3 is 2.23 bits per heavy atom. The summed E-state index contributed by atoms with van der Waals surface area (Å²) in [7, 11) is -3.51. The lowest BCUT2D eigenvalue weighted by Crippen LogP contribution is -2.50. The van der Waals surface area contributed by atoms with Crippen LogP contribution in [0.25, 0.3) is 0 Å². The van der Waals surface area contributed by atoms with Gasteiger partial charge in [0.1, 0.15) is 6.04 Å². The Balaban J connectivity index is 2.15. The number of amides is 2. The van der Waals surface area contributed by atoms with E-state index in [0.717, 1.165) is 17.5 Å². The topological polar surface area (TPSA) is 86.8 Å². The Morgan fingerprint density at radius 2 is 1.63 bits per heavy atom. The molecule has 0 aromatic heterocycles. The number of aryl methyl sites for hydroxylation is 1. The van der Waals surface area contributed by atoms with Gasteiger partial charge in [-0.2, -0.15) is 0 Å². The van der Waals surface area contributed by atoms with Crippen molar-refractivity contribution in [3.8, 4) is 0 Å². The zero-order valence-corrected chi connectivity index (χ0v) is 22.2. The van der Waals surface area contributed by atoms with Gasteiger partial charge in [0.15, 0.2) is 0 Å². The molecule has 0 unspecified atom stereocenters. The van der Waals surface area contributed by atoms with Gasteiger partial charge >= 0.3 is 0 Å². The van der Waals surface area contributed by atoms with Crippen molar-refractivity contribution in [2.24, 2.45) is 0 Å². The zero-order valence-electron chi connectivity index (χ0n) is 21.4. The fraction of sp³-hybridized carbons (Fsp3) is 0.481. The maximum Gasteiger partial charge on any atom is 0.242 e. The predicted octanol–water partition coefficient (Wildman–Crippen LogP) is 3.92. The van der Waals surface area contributed by atoms with Gasteiger partial charge in [-0.25, -0.2) is 8.42 Å². The molecule has 1 atom stereocenters.